The molecule has 2 rings (SSSR count). The molecule has 1 aromatic carbocycles. The van der Waals surface area contributed by atoms with Gasteiger partial charge in [0.25, 0.3) is 0 Å². The molecule has 1 fully saturated rings. The van der Waals surface area contributed by atoms with Crippen molar-refractivity contribution in [2.45, 2.75) is 10.9 Å². The first kappa shape index (κ1) is 16.5. The molecule has 2 N–H and O–H groups in total. The Hall–Kier alpha value is -0.860. The third kappa shape index (κ3) is 3.32. The minimum Gasteiger partial charge on any atom is -0.358 e. The number of rotatable bonds is 3. The van der Waals surface area contributed by atoms with Crippen molar-refractivity contribution in [1.29, 1.82) is 0 Å². The fourth-order valence-electron chi connectivity index (χ4n) is 2.16. The molecule has 1 aliphatic heterocycles. The van der Waals surface area contributed by atoms with Crippen LogP contribution in [0.15, 0.2) is 23.1 Å². The van der Waals surface area contributed by atoms with Gasteiger partial charge in [0.15, 0.2) is 0 Å². The molecule has 0 saturated carbocycles. The van der Waals surface area contributed by atoms with E-state index in [9.17, 15) is 13.2 Å². The Morgan fingerprint density at radius 1 is 1.43 bits per heavy atom. The smallest absolute Gasteiger partial charge is 0.245 e. The number of nitrogens with zero attached hydrogens (tertiary/aromatic N) is 1. The lowest BCUT2D eigenvalue weighted by atomic mass is 10.2. The zero-order valence-electron chi connectivity index (χ0n) is 11.3. The third-order valence-electron chi connectivity index (χ3n) is 3.22. The average Bonchev–Trinajstić information content (AvgIpc) is 2.48. The van der Waals surface area contributed by atoms with Crippen LogP contribution in [0.3, 0.4) is 0 Å². The van der Waals surface area contributed by atoms with E-state index in [0.717, 1.165) is 4.31 Å². The van der Waals surface area contributed by atoms with E-state index < -0.39 is 16.1 Å². The molecule has 1 aliphatic rings. The lowest BCUT2D eigenvalue weighted by Crippen LogP contribution is -2.59. The van der Waals surface area contributed by atoms with Gasteiger partial charge in [0, 0.05) is 31.7 Å². The van der Waals surface area contributed by atoms with Crippen LogP contribution in [-0.2, 0) is 14.8 Å². The first-order valence-corrected chi connectivity index (χ1v) is 8.46. The second-order valence-corrected chi connectivity index (χ2v) is 7.23. The number of carbonyl (C=O) groups is 1. The zero-order valence-corrected chi connectivity index (χ0v) is 13.6. The van der Waals surface area contributed by atoms with Gasteiger partial charge in [-0.05, 0) is 18.2 Å². The third-order valence-corrected chi connectivity index (χ3v) is 5.85. The summed E-state index contributed by atoms with van der Waals surface area (Å²) in [6, 6.07) is 3.41. The van der Waals surface area contributed by atoms with Gasteiger partial charge in [-0.2, -0.15) is 4.31 Å². The van der Waals surface area contributed by atoms with E-state index in [4.69, 9.17) is 23.2 Å². The van der Waals surface area contributed by atoms with Gasteiger partial charge in [-0.25, -0.2) is 8.42 Å². The highest BCUT2D eigenvalue weighted by Gasteiger charge is 2.38. The maximum Gasteiger partial charge on any atom is 0.245 e. The average molecular weight is 352 g/mol. The molecule has 1 heterocycles. The van der Waals surface area contributed by atoms with Gasteiger partial charge in [0.05, 0.1) is 5.02 Å². The minimum atomic E-state index is -3.90. The summed E-state index contributed by atoms with van der Waals surface area (Å²) in [6.07, 6.45) is 0. The topological polar surface area (TPSA) is 78.5 Å². The van der Waals surface area contributed by atoms with Gasteiger partial charge < -0.3 is 10.6 Å². The van der Waals surface area contributed by atoms with Gasteiger partial charge in [-0.3, -0.25) is 4.79 Å². The Balaban J connectivity index is 2.45. The molecule has 1 saturated heterocycles. The van der Waals surface area contributed by atoms with E-state index >= 15 is 0 Å². The molecule has 0 spiro atoms. The summed E-state index contributed by atoms with van der Waals surface area (Å²) >= 11 is 11.8. The van der Waals surface area contributed by atoms with E-state index in [2.05, 4.69) is 10.6 Å². The number of nitrogens with one attached hydrogen (secondary N) is 2. The van der Waals surface area contributed by atoms with Crippen molar-refractivity contribution < 1.29 is 13.2 Å². The van der Waals surface area contributed by atoms with Crippen LogP contribution >= 0.6 is 23.2 Å². The largest absolute Gasteiger partial charge is 0.358 e. The second kappa shape index (κ2) is 6.50. The van der Waals surface area contributed by atoms with E-state index in [1.54, 1.807) is 0 Å². The quantitative estimate of drug-likeness (QED) is 0.840. The van der Waals surface area contributed by atoms with E-state index in [-0.39, 0.29) is 33.9 Å². The van der Waals surface area contributed by atoms with Gasteiger partial charge in [-0.1, -0.05) is 23.2 Å². The van der Waals surface area contributed by atoms with Crippen molar-refractivity contribution in [1.82, 2.24) is 14.9 Å². The number of likely N-dealkylation sites (N-methyl/N-ethyl adjacent to an activating group) is 1. The molecule has 21 heavy (non-hydrogen) atoms. The standard InChI is InChI=1S/C12H15Cl2N3O3S/c1-15-12(18)10-7-16-4-5-17(10)21(19,20)11-6-8(13)2-3-9(11)14/h2-3,6,10,16H,4-5,7H2,1H3,(H,15,18). The number of carbonyl (C=O) groups excluding carboxylic acids is 1. The number of piperazine rings is 1. The predicted molar refractivity (Wildman–Crippen MR) is 81.1 cm³/mol. The number of benzene rings is 1. The Kier molecular flexibility index (Phi) is 5.11. The van der Waals surface area contributed by atoms with Gasteiger partial charge in [0.1, 0.15) is 10.9 Å². The molecule has 116 valence electrons. The Bertz CT molecular complexity index is 651. The maximum absolute atomic E-state index is 12.8. The summed E-state index contributed by atoms with van der Waals surface area (Å²) < 4.78 is 26.7. The molecule has 0 aliphatic carbocycles. The molecular formula is C12H15Cl2N3O3S. The van der Waals surface area contributed by atoms with E-state index in [1.807, 2.05) is 0 Å². The SMILES string of the molecule is CNC(=O)C1CNCCN1S(=O)(=O)c1cc(Cl)ccc1Cl. The molecular weight excluding hydrogens is 337 g/mol. The molecule has 6 nitrogen and oxygen atoms in total. The Morgan fingerprint density at radius 2 is 2.14 bits per heavy atom. The first-order chi connectivity index (χ1) is 9.87. The van der Waals surface area contributed by atoms with Crippen LogP contribution in [0.25, 0.3) is 0 Å². The van der Waals surface area contributed by atoms with Crippen LogP contribution in [0.2, 0.25) is 10.0 Å². The Labute approximate surface area is 133 Å². The number of halogens is 2. The van der Waals surface area contributed by atoms with Crippen molar-refractivity contribution in [3.8, 4) is 0 Å². The summed E-state index contributed by atoms with van der Waals surface area (Å²) in [4.78, 5) is 11.8. The van der Waals surface area contributed by atoms with Crippen LogP contribution in [0.5, 0.6) is 0 Å². The summed E-state index contributed by atoms with van der Waals surface area (Å²) in [5.41, 5.74) is 0. The van der Waals surface area contributed by atoms with Crippen LogP contribution in [0.1, 0.15) is 0 Å². The highest BCUT2D eigenvalue weighted by Crippen LogP contribution is 2.29. The second-order valence-electron chi connectivity index (χ2n) is 4.52. The van der Waals surface area contributed by atoms with Crippen molar-refractivity contribution in [3.63, 3.8) is 0 Å². The van der Waals surface area contributed by atoms with Crippen LogP contribution < -0.4 is 10.6 Å². The van der Waals surface area contributed by atoms with Crippen molar-refractivity contribution in [3.05, 3.63) is 28.2 Å². The number of hydrogen-bond donors (Lipinski definition) is 2. The molecule has 0 aromatic heterocycles. The minimum absolute atomic E-state index is 0.0774. The fraction of sp³-hybridized carbons (Fsp3) is 0.417. The van der Waals surface area contributed by atoms with Crippen molar-refractivity contribution in [2.24, 2.45) is 0 Å². The molecule has 9 heteroatoms. The van der Waals surface area contributed by atoms with Gasteiger partial charge in [0.2, 0.25) is 15.9 Å². The van der Waals surface area contributed by atoms with Gasteiger partial charge in [-0.15, -0.1) is 0 Å². The van der Waals surface area contributed by atoms with Crippen LogP contribution in [0.4, 0.5) is 0 Å². The fourth-order valence-corrected chi connectivity index (χ4v) is 4.49. The summed E-state index contributed by atoms with van der Waals surface area (Å²) in [5.74, 6) is -0.371. The maximum atomic E-state index is 12.8. The van der Waals surface area contributed by atoms with Crippen LogP contribution in [-0.4, -0.2) is 51.4 Å². The van der Waals surface area contributed by atoms with Gasteiger partial charge >= 0.3 is 0 Å². The molecule has 1 unspecified atom stereocenters. The molecule has 0 bridgehead atoms. The highest BCUT2D eigenvalue weighted by atomic mass is 35.5. The van der Waals surface area contributed by atoms with Crippen LogP contribution in [0, 0.1) is 0 Å². The van der Waals surface area contributed by atoms with Crippen molar-refractivity contribution >= 4 is 39.1 Å². The van der Waals surface area contributed by atoms with E-state index in [0.29, 0.717) is 6.54 Å². The van der Waals surface area contributed by atoms with Crippen molar-refractivity contribution in [2.75, 3.05) is 26.7 Å². The number of hydrogen-bond acceptors (Lipinski definition) is 4. The number of amides is 1. The molecule has 0 radical (unpaired) electrons. The normalized spacial score (nSPS) is 20.2. The van der Waals surface area contributed by atoms with E-state index in [1.165, 1.54) is 25.2 Å². The lowest BCUT2D eigenvalue weighted by molar-refractivity contribution is -0.124. The molecule has 1 aromatic rings. The lowest BCUT2D eigenvalue weighted by Gasteiger charge is -2.34. The predicted octanol–water partition coefficient (Wildman–Crippen LogP) is 0.702. The summed E-state index contributed by atoms with van der Waals surface area (Å²) in [7, 11) is -2.44. The first-order valence-electron chi connectivity index (χ1n) is 6.27. The monoisotopic (exact) mass is 351 g/mol. The summed E-state index contributed by atoms with van der Waals surface area (Å²) in [5, 5.41) is 5.82. The number of sulfonamides is 1. The Morgan fingerprint density at radius 3 is 2.81 bits per heavy atom. The summed E-state index contributed by atoms with van der Waals surface area (Å²) in [6.45, 7) is 0.894. The highest BCUT2D eigenvalue weighted by molar-refractivity contribution is 7.89. The molecule has 1 amide bonds. The molecule has 1 atom stereocenters. The zero-order chi connectivity index (χ0) is 15.6.